The Kier molecular flexibility index (Phi) is 3.94. The second kappa shape index (κ2) is 6.35. The molecule has 1 spiro atoms. The summed E-state index contributed by atoms with van der Waals surface area (Å²) in [4.78, 5) is 14.7. The number of likely N-dealkylation sites (tertiary alicyclic amines) is 1. The zero-order valence-corrected chi connectivity index (χ0v) is 15.8. The van der Waals surface area contributed by atoms with Crippen LogP contribution in [0.1, 0.15) is 56.7 Å². The molecule has 2 aliphatic carbocycles. The molecule has 1 atom stereocenters. The van der Waals surface area contributed by atoms with E-state index in [2.05, 4.69) is 25.7 Å². The molecule has 27 heavy (non-hydrogen) atoms. The van der Waals surface area contributed by atoms with Crippen LogP contribution in [-0.2, 0) is 17.6 Å². The zero-order chi connectivity index (χ0) is 18.4. The first-order chi connectivity index (χ1) is 13.1. The summed E-state index contributed by atoms with van der Waals surface area (Å²) in [5, 5.41) is 18.7. The average molecular weight is 370 g/mol. The van der Waals surface area contributed by atoms with Crippen molar-refractivity contribution in [1.29, 1.82) is 0 Å². The first kappa shape index (κ1) is 16.8. The molecule has 0 unspecified atom stereocenters. The van der Waals surface area contributed by atoms with Crippen LogP contribution in [0.25, 0.3) is 11.6 Å². The maximum absolute atomic E-state index is 12.7. The second-order valence-corrected chi connectivity index (χ2v) is 8.33. The Morgan fingerprint density at radius 3 is 2.74 bits per heavy atom. The van der Waals surface area contributed by atoms with E-state index in [9.17, 15) is 4.79 Å². The van der Waals surface area contributed by atoms with Crippen LogP contribution in [-0.4, -0.2) is 50.3 Å². The molecule has 2 fully saturated rings. The number of nitrogens with one attached hydrogen (secondary N) is 2. The van der Waals surface area contributed by atoms with Gasteiger partial charge in [0.25, 0.3) is 5.89 Å². The number of rotatable bonds is 4. The number of H-pyrrole nitrogens is 1. The molecule has 1 aliphatic heterocycles. The third-order valence-corrected chi connectivity index (χ3v) is 6.49. The number of amides is 1. The van der Waals surface area contributed by atoms with Crippen molar-refractivity contribution in [2.24, 2.45) is 5.41 Å². The minimum Gasteiger partial charge on any atom is -0.402 e. The minimum atomic E-state index is -0.387. The summed E-state index contributed by atoms with van der Waals surface area (Å²) < 4.78 is 5.77. The van der Waals surface area contributed by atoms with Crippen LogP contribution in [0.3, 0.4) is 0 Å². The zero-order valence-electron chi connectivity index (χ0n) is 15.8. The number of hydrogen-bond acceptors (Lipinski definition) is 6. The third-order valence-electron chi connectivity index (χ3n) is 6.49. The Bertz CT molecular complexity index is 842. The highest BCUT2D eigenvalue weighted by Gasteiger charge is 2.45. The van der Waals surface area contributed by atoms with Crippen LogP contribution in [0.4, 0.5) is 6.01 Å². The molecular weight excluding hydrogens is 344 g/mol. The van der Waals surface area contributed by atoms with Gasteiger partial charge >= 0.3 is 6.01 Å². The molecule has 5 rings (SSSR count). The van der Waals surface area contributed by atoms with Gasteiger partial charge in [0.1, 0.15) is 11.7 Å². The van der Waals surface area contributed by atoms with Crippen molar-refractivity contribution in [3.63, 3.8) is 0 Å². The lowest BCUT2D eigenvalue weighted by Crippen LogP contribution is -2.45. The normalized spacial score (nSPS) is 21.7. The first-order valence-electron chi connectivity index (χ1n) is 10.1. The van der Waals surface area contributed by atoms with E-state index in [0.717, 1.165) is 56.6 Å². The Hall–Kier alpha value is -2.38. The van der Waals surface area contributed by atoms with Gasteiger partial charge in [0.2, 0.25) is 5.91 Å². The van der Waals surface area contributed by atoms with Gasteiger partial charge in [-0.2, -0.15) is 5.10 Å². The molecule has 3 heterocycles. The Morgan fingerprint density at radius 1 is 1.19 bits per heavy atom. The highest BCUT2D eigenvalue weighted by atomic mass is 16.4. The van der Waals surface area contributed by atoms with Gasteiger partial charge < -0.3 is 14.6 Å². The van der Waals surface area contributed by atoms with E-state index in [1.165, 1.54) is 24.8 Å². The molecule has 2 aromatic heterocycles. The first-order valence-corrected chi connectivity index (χ1v) is 10.1. The Morgan fingerprint density at radius 2 is 1.96 bits per heavy atom. The van der Waals surface area contributed by atoms with Crippen LogP contribution < -0.4 is 5.32 Å². The van der Waals surface area contributed by atoms with E-state index >= 15 is 0 Å². The summed E-state index contributed by atoms with van der Waals surface area (Å²) >= 11 is 0. The number of aromatic amines is 1. The van der Waals surface area contributed by atoms with E-state index in [1.54, 1.807) is 0 Å². The minimum absolute atomic E-state index is 0.101. The van der Waals surface area contributed by atoms with Crippen molar-refractivity contribution >= 4 is 11.9 Å². The molecule has 144 valence electrons. The van der Waals surface area contributed by atoms with E-state index in [1.807, 2.05) is 11.8 Å². The molecule has 3 aliphatic rings. The molecular formula is C19H26N6O2. The number of hydrogen-bond donors (Lipinski definition) is 2. The number of anilines is 1. The molecule has 8 nitrogen and oxygen atoms in total. The second-order valence-electron chi connectivity index (χ2n) is 8.33. The van der Waals surface area contributed by atoms with Gasteiger partial charge in [-0.1, -0.05) is 5.10 Å². The van der Waals surface area contributed by atoms with Gasteiger partial charge in [0.15, 0.2) is 0 Å². The summed E-state index contributed by atoms with van der Waals surface area (Å²) in [5.41, 5.74) is 3.67. The van der Waals surface area contributed by atoms with Gasteiger partial charge in [0.05, 0.1) is 5.69 Å². The molecule has 2 N–H and O–H groups in total. The maximum atomic E-state index is 12.7. The van der Waals surface area contributed by atoms with Crippen LogP contribution in [0.5, 0.6) is 0 Å². The quantitative estimate of drug-likeness (QED) is 0.858. The SMILES string of the molecule is C[C@H](Nc1nnc(-c2[nH]nc3c2CCCC3)o1)C(=O)N1CCC2(CC1)CC2. The summed E-state index contributed by atoms with van der Waals surface area (Å²) in [7, 11) is 0. The Labute approximate surface area is 158 Å². The fourth-order valence-corrected chi connectivity index (χ4v) is 4.43. The number of nitrogens with zero attached hydrogens (tertiary/aromatic N) is 4. The summed E-state index contributed by atoms with van der Waals surface area (Å²) in [6.07, 6.45) is 9.26. The molecule has 1 saturated heterocycles. The lowest BCUT2D eigenvalue weighted by Gasteiger charge is -2.33. The molecule has 8 heteroatoms. The van der Waals surface area contributed by atoms with Gasteiger partial charge in [-0.15, -0.1) is 5.10 Å². The maximum Gasteiger partial charge on any atom is 0.316 e. The monoisotopic (exact) mass is 370 g/mol. The third kappa shape index (κ3) is 3.11. The van der Waals surface area contributed by atoms with E-state index < -0.39 is 0 Å². The molecule has 0 radical (unpaired) electrons. The van der Waals surface area contributed by atoms with E-state index in [-0.39, 0.29) is 18.0 Å². The van der Waals surface area contributed by atoms with Crippen LogP contribution in [0.2, 0.25) is 0 Å². The van der Waals surface area contributed by atoms with Crippen molar-refractivity contribution in [2.75, 3.05) is 18.4 Å². The molecule has 1 saturated carbocycles. The lowest BCUT2D eigenvalue weighted by atomic mass is 9.93. The predicted octanol–water partition coefficient (Wildman–Crippen LogP) is 2.54. The summed E-state index contributed by atoms with van der Waals surface area (Å²) in [6.45, 7) is 3.58. The topological polar surface area (TPSA) is 99.9 Å². The Balaban J connectivity index is 1.24. The number of aromatic nitrogens is 4. The predicted molar refractivity (Wildman–Crippen MR) is 99.1 cm³/mol. The van der Waals surface area contributed by atoms with Crippen LogP contribution in [0, 0.1) is 5.41 Å². The van der Waals surface area contributed by atoms with E-state index in [4.69, 9.17) is 4.42 Å². The largest absolute Gasteiger partial charge is 0.402 e. The average Bonchev–Trinajstić information content (AvgIpc) is 3.09. The number of carbonyl (C=O) groups excluding carboxylic acids is 1. The molecule has 2 aromatic rings. The van der Waals surface area contributed by atoms with Crippen molar-refractivity contribution in [3.05, 3.63) is 11.3 Å². The van der Waals surface area contributed by atoms with Gasteiger partial charge in [-0.25, -0.2) is 0 Å². The number of piperidine rings is 1. The van der Waals surface area contributed by atoms with Gasteiger partial charge in [0, 0.05) is 18.7 Å². The van der Waals surface area contributed by atoms with Gasteiger partial charge in [-0.3, -0.25) is 9.89 Å². The van der Waals surface area contributed by atoms with E-state index in [0.29, 0.717) is 11.3 Å². The number of aryl methyl sites for hydroxylation is 1. The standard InChI is InChI=1S/C19H26N6O2/c1-12(17(26)25-10-8-19(6-7-19)9-11-25)20-18-24-23-16(27-18)15-13-4-2-3-5-14(13)21-22-15/h12H,2-11H2,1H3,(H,20,24)(H,21,22)/t12-/m0/s1. The summed E-state index contributed by atoms with van der Waals surface area (Å²) in [5.74, 6) is 0.533. The number of fused-ring (bicyclic) bond motifs is 1. The lowest BCUT2D eigenvalue weighted by molar-refractivity contribution is -0.133. The highest BCUT2D eigenvalue weighted by Crippen LogP contribution is 2.53. The fourth-order valence-electron chi connectivity index (χ4n) is 4.43. The van der Waals surface area contributed by atoms with Crippen molar-refractivity contribution in [2.45, 2.75) is 64.3 Å². The molecule has 0 aromatic carbocycles. The van der Waals surface area contributed by atoms with Crippen LogP contribution in [0.15, 0.2) is 4.42 Å². The van der Waals surface area contributed by atoms with Gasteiger partial charge in [-0.05, 0) is 63.7 Å². The summed E-state index contributed by atoms with van der Waals surface area (Å²) in [6, 6.07) is -0.108. The fraction of sp³-hybridized carbons (Fsp3) is 0.684. The molecule has 0 bridgehead atoms. The smallest absolute Gasteiger partial charge is 0.316 e. The van der Waals surface area contributed by atoms with Crippen molar-refractivity contribution in [1.82, 2.24) is 25.3 Å². The van der Waals surface area contributed by atoms with Crippen molar-refractivity contribution in [3.8, 4) is 11.6 Å². The van der Waals surface area contributed by atoms with Crippen LogP contribution >= 0.6 is 0 Å². The highest BCUT2D eigenvalue weighted by molar-refractivity contribution is 5.83. The van der Waals surface area contributed by atoms with Crippen molar-refractivity contribution < 1.29 is 9.21 Å². The molecule has 1 amide bonds. The number of carbonyl (C=O) groups is 1.